The molecule has 4 N–H and O–H groups in total. The Labute approximate surface area is 104 Å². The number of nitrogens with two attached hydrogens (primary N) is 1. The smallest absolute Gasteiger partial charge is 0.225 e. The van der Waals surface area contributed by atoms with Crippen molar-refractivity contribution in [3.63, 3.8) is 0 Å². The molecule has 0 spiro atoms. The van der Waals surface area contributed by atoms with Gasteiger partial charge in [0.15, 0.2) is 5.84 Å². The lowest BCUT2D eigenvalue weighted by Crippen LogP contribution is -2.14. The summed E-state index contributed by atoms with van der Waals surface area (Å²) in [6.07, 6.45) is 2.45. The Hall–Kier alpha value is -1.69. The minimum Gasteiger partial charge on any atom is -0.409 e. The fourth-order valence-corrected chi connectivity index (χ4v) is 1.59. The minimum atomic E-state index is -0.0177. The maximum atomic E-state index is 11.4. The highest BCUT2D eigenvalue weighted by atomic mass is 32.2. The van der Waals surface area contributed by atoms with E-state index < -0.39 is 0 Å². The number of hydrogen-bond donors (Lipinski definition) is 3. The van der Waals surface area contributed by atoms with Gasteiger partial charge in [-0.15, -0.1) is 0 Å². The summed E-state index contributed by atoms with van der Waals surface area (Å²) in [6, 6.07) is 6.78. The van der Waals surface area contributed by atoms with E-state index in [9.17, 15) is 4.79 Å². The van der Waals surface area contributed by atoms with E-state index in [1.54, 1.807) is 36.0 Å². The predicted molar refractivity (Wildman–Crippen MR) is 70.6 cm³/mol. The van der Waals surface area contributed by atoms with Gasteiger partial charge in [0.1, 0.15) is 0 Å². The average molecular weight is 253 g/mol. The molecule has 92 valence electrons. The first-order chi connectivity index (χ1) is 8.17. The maximum absolute atomic E-state index is 11.4. The molecule has 0 radical (unpaired) electrons. The summed E-state index contributed by atoms with van der Waals surface area (Å²) in [6.45, 7) is 0. The molecule has 1 amide bonds. The topological polar surface area (TPSA) is 87.7 Å². The molecule has 17 heavy (non-hydrogen) atoms. The number of carbonyl (C=O) groups is 1. The van der Waals surface area contributed by atoms with Gasteiger partial charge >= 0.3 is 0 Å². The zero-order chi connectivity index (χ0) is 12.7. The first kappa shape index (κ1) is 13.4. The molecule has 0 unspecified atom stereocenters. The first-order valence-electron chi connectivity index (χ1n) is 5.04. The van der Waals surface area contributed by atoms with Gasteiger partial charge in [0.2, 0.25) is 5.91 Å². The van der Waals surface area contributed by atoms with Gasteiger partial charge in [-0.3, -0.25) is 4.79 Å². The van der Waals surface area contributed by atoms with Crippen molar-refractivity contribution < 1.29 is 10.0 Å². The van der Waals surface area contributed by atoms with E-state index in [1.807, 2.05) is 6.26 Å². The minimum absolute atomic E-state index is 0.0177. The average Bonchev–Trinajstić information content (AvgIpc) is 2.36. The number of amidine groups is 1. The molecule has 0 fully saturated rings. The van der Waals surface area contributed by atoms with Crippen LogP contribution in [0.2, 0.25) is 0 Å². The number of nitrogens with zero attached hydrogens (tertiary/aromatic N) is 1. The van der Waals surface area contributed by atoms with Crippen molar-refractivity contribution in [3.05, 3.63) is 29.8 Å². The Bertz CT molecular complexity index is 404. The number of amides is 1. The Morgan fingerprint density at radius 3 is 2.65 bits per heavy atom. The van der Waals surface area contributed by atoms with Crippen LogP contribution in [0.15, 0.2) is 29.4 Å². The second kappa shape index (κ2) is 6.80. The molecule has 0 bridgehead atoms. The predicted octanol–water partition coefficient (Wildman–Crippen LogP) is 1.47. The highest BCUT2D eigenvalue weighted by Crippen LogP contribution is 2.10. The van der Waals surface area contributed by atoms with Gasteiger partial charge in [-0.05, 0) is 30.5 Å². The van der Waals surface area contributed by atoms with Crippen molar-refractivity contribution in [2.24, 2.45) is 10.9 Å². The van der Waals surface area contributed by atoms with Crippen LogP contribution in [0.1, 0.15) is 12.0 Å². The third-order valence-corrected chi connectivity index (χ3v) is 2.72. The lowest BCUT2D eigenvalue weighted by atomic mass is 10.2. The molecule has 0 atom stereocenters. The van der Waals surface area contributed by atoms with E-state index in [-0.39, 0.29) is 11.7 Å². The summed E-state index contributed by atoms with van der Waals surface area (Å²) in [5.74, 6) is 0.828. The van der Waals surface area contributed by atoms with Crippen molar-refractivity contribution in [1.29, 1.82) is 0 Å². The maximum Gasteiger partial charge on any atom is 0.225 e. The van der Waals surface area contributed by atoms with E-state index in [4.69, 9.17) is 10.9 Å². The standard InChI is InChI=1S/C11H15N3O2S/c1-17-7-6-10(15)13-9-4-2-8(3-5-9)11(12)14-16/h2-5,16H,6-7H2,1H3,(H2,12,14)(H,13,15). The van der Waals surface area contributed by atoms with Crippen LogP contribution in [0.25, 0.3) is 0 Å². The van der Waals surface area contributed by atoms with E-state index in [0.717, 1.165) is 5.75 Å². The SMILES string of the molecule is CSCCC(=O)Nc1ccc(C(N)=NO)cc1. The van der Waals surface area contributed by atoms with Gasteiger partial charge < -0.3 is 16.3 Å². The molecule has 6 heteroatoms. The fraction of sp³-hybridized carbons (Fsp3) is 0.273. The van der Waals surface area contributed by atoms with E-state index in [2.05, 4.69) is 10.5 Å². The fourth-order valence-electron chi connectivity index (χ4n) is 1.20. The van der Waals surface area contributed by atoms with E-state index >= 15 is 0 Å². The third kappa shape index (κ3) is 4.36. The molecule has 0 heterocycles. The van der Waals surface area contributed by atoms with Crippen LogP contribution in [-0.2, 0) is 4.79 Å². The Balaban J connectivity index is 2.59. The summed E-state index contributed by atoms with van der Waals surface area (Å²) < 4.78 is 0. The molecule has 1 rings (SSSR count). The van der Waals surface area contributed by atoms with Gasteiger partial charge in [-0.1, -0.05) is 5.16 Å². The van der Waals surface area contributed by atoms with Gasteiger partial charge in [0.25, 0.3) is 0 Å². The number of carbonyl (C=O) groups excluding carboxylic acids is 1. The van der Waals surface area contributed by atoms with Crippen LogP contribution in [0.4, 0.5) is 5.69 Å². The molecule has 0 saturated heterocycles. The van der Waals surface area contributed by atoms with Gasteiger partial charge in [-0.25, -0.2) is 0 Å². The van der Waals surface area contributed by atoms with Crippen LogP contribution in [-0.4, -0.2) is 29.0 Å². The van der Waals surface area contributed by atoms with Crippen molar-refractivity contribution in [1.82, 2.24) is 0 Å². The van der Waals surface area contributed by atoms with Gasteiger partial charge in [0.05, 0.1) is 0 Å². The lowest BCUT2D eigenvalue weighted by Gasteiger charge is -2.05. The van der Waals surface area contributed by atoms with E-state index in [1.165, 1.54) is 0 Å². The summed E-state index contributed by atoms with van der Waals surface area (Å²) >= 11 is 1.63. The number of hydrogen-bond acceptors (Lipinski definition) is 4. The van der Waals surface area contributed by atoms with Crippen LogP contribution in [0.5, 0.6) is 0 Å². The quantitative estimate of drug-likeness (QED) is 0.321. The van der Waals surface area contributed by atoms with Crippen LogP contribution < -0.4 is 11.1 Å². The lowest BCUT2D eigenvalue weighted by molar-refractivity contribution is -0.115. The van der Waals surface area contributed by atoms with Crippen LogP contribution in [0.3, 0.4) is 0 Å². The molecule has 0 aliphatic rings. The molecule has 0 aromatic heterocycles. The number of benzene rings is 1. The van der Waals surface area contributed by atoms with E-state index in [0.29, 0.717) is 17.7 Å². The molecule has 0 aliphatic carbocycles. The zero-order valence-corrected chi connectivity index (χ0v) is 10.3. The number of nitrogens with one attached hydrogen (secondary N) is 1. The van der Waals surface area contributed by atoms with Gasteiger partial charge in [-0.2, -0.15) is 11.8 Å². The second-order valence-corrected chi connectivity index (χ2v) is 4.34. The highest BCUT2D eigenvalue weighted by Gasteiger charge is 2.03. The van der Waals surface area contributed by atoms with Gasteiger partial charge in [0, 0.05) is 23.4 Å². The molecule has 0 saturated carbocycles. The van der Waals surface area contributed by atoms with Crippen molar-refractivity contribution in [2.75, 3.05) is 17.3 Å². The Morgan fingerprint density at radius 1 is 1.47 bits per heavy atom. The summed E-state index contributed by atoms with van der Waals surface area (Å²) in [5, 5.41) is 14.2. The normalized spacial score (nSPS) is 11.2. The molecule has 0 aliphatic heterocycles. The third-order valence-electron chi connectivity index (χ3n) is 2.11. The van der Waals surface area contributed by atoms with Crippen LogP contribution in [0, 0.1) is 0 Å². The molecular weight excluding hydrogens is 238 g/mol. The van der Waals surface area contributed by atoms with Crippen LogP contribution >= 0.6 is 11.8 Å². The molecule has 5 nitrogen and oxygen atoms in total. The van der Waals surface area contributed by atoms with Crippen molar-refractivity contribution in [3.8, 4) is 0 Å². The molecule has 1 aromatic carbocycles. The number of anilines is 1. The molecule has 1 aromatic rings. The van der Waals surface area contributed by atoms with Crippen molar-refractivity contribution >= 4 is 29.2 Å². The number of thioether (sulfide) groups is 1. The highest BCUT2D eigenvalue weighted by molar-refractivity contribution is 7.98. The largest absolute Gasteiger partial charge is 0.409 e. The first-order valence-corrected chi connectivity index (χ1v) is 6.43. The monoisotopic (exact) mass is 253 g/mol. The second-order valence-electron chi connectivity index (χ2n) is 3.35. The summed E-state index contributed by atoms with van der Waals surface area (Å²) in [4.78, 5) is 11.4. The number of rotatable bonds is 5. The zero-order valence-electron chi connectivity index (χ0n) is 9.51. The summed E-state index contributed by atoms with van der Waals surface area (Å²) in [5.41, 5.74) is 6.73. The summed E-state index contributed by atoms with van der Waals surface area (Å²) in [7, 11) is 0. The number of oxime groups is 1. The molecular formula is C11H15N3O2S. The Kier molecular flexibility index (Phi) is 5.35. The van der Waals surface area contributed by atoms with Crippen molar-refractivity contribution in [2.45, 2.75) is 6.42 Å². The Morgan fingerprint density at radius 2 is 2.12 bits per heavy atom.